The van der Waals surface area contributed by atoms with Crippen LogP contribution in [0.1, 0.15) is 21.5 Å². The van der Waals surface area contributed by atoms with Crippen molar-refractivity contribution >= 4 is 39.5 Å². The molecule has 0 unspecified atom stereocenters. The normalized spacial score (nSPS) is 14.2. The van der Waals surface area contributed by atoms with Crippen LogP contribution in [-0.2, 0) is 0 Å². The van der Waals surface area contributed by atoms with Gasteiger partial charge in [-0.05, 0) is 37.1 Å². The second-order valence-electron chi connectivity index (χ2n) is 8.19. The molecule has 0 radical (unpaired) electrons. The van der Waals surface area contributed by atoms with Crippen LogP contribution < -0.4 is 10.5 Å². The number of carbonyl (C=O) groups is 1. The number of hydrogen-bond acceptors (Lipinski definition) is 5. The molecule has 1 aliphatic rings. The summed E-state index contributed by atoms with van der Waals surface area (Å²) < 4.78 is 1.49. The number of rotatable bonds is 3. The minimum Gasteiger partial charge on any atom is -0.368 e. The van der Waals surface area contributed by atoms with Crippen molar-refractivity contribution in [1.82, 2.24) is 14.3 Å². The predicted octanol–water partition coefficient (Wildman–Crippen LogP) is 4.66. The molecule has 0 N–H and O–H groups in total. The van der Waals surface area contributed by atoms with Gasteiger partial charge in [0.05, 0.1) is 5.69 Å². The lowest BCUT2D eigenvalue weighted by Crippen LogP contribution is -2.50. The third kappa shape index (κ3) is 3.81. The molecule has 1 amide bonds. The zero-order valence-electron chi connectivity index (χ0n) is 18.4. The molecule has 3 heterocycles. The Labute approximate surface area is 200 Å². The zero-order valence-corrected chi connectivity index (χ0v) is 20.0. The maximum Gasteiger partial charge on any atom is 0.271 e. The van der Waals surface area contributed by atoms with Crippen molar-refractivity contribution in [2.75, 3.05) is 31.1 Å². The first-order chi connectivity index (χ1) is 16.0. The van der Waals surface area contributed by atoms with E-state index in [2.05, 4.69) is 41.9 Å². The second kappa shape index (κ2) is 8.65. The summed E-state index contributed by atoms with van der Waals surface area (Å²) in [7, 11) is 0. The van der Waals surface area contributed by atoms with Gasteiger partial charge < -0.3 is 9.80 Å². The number of carbonyl (C=O) groups excluding carboxylic acids is 1. The minimum absolute atomic E-state index is 0.0828. The molecule has 0 atom stereocenters. The van der Waals surface area contributed by atoms with Crippen LogP contribution in [0.4, 0.5) is 5.69 Å². The molecule has 33 heavy (non-hydrogen) atoms. The Morgan fingerprint density at radius 1 is 1.03 bits per heavy atom. The minimum atomic E-state index is -0.363. The van der Waals surface area contributed by atoms with Crippen LogP contribution in [0.3, 0.4) is 0 Å². The third-order valence-electron chi connectivity index (χ3n) is 6.31. The number of thiazole rings is 1. The van der Waals surface area contributed by atoms with Gasteiger partial charge in [0.2, 0.25) is 0 Å². The van der Waals surface area contributed by atoms with Crippen molar-refractivity contribution in [3.8, 4) is 11.3 Å². The molecule has 5 rings (SSSR count). The standard InChI is InChI=1S/C25H23ClN4O2S/c1-16-6-5-9-21(17(16)2)28-10-12-29(13-11-28)23(31)19-14-27-25-30(24(19)32)22(15-33-25)18-7-3-4-8-20(18)26/h3-9,14-15H,10-13H2,1-2H3. The second-order valence-corrected chi connectivity index (χ2v) is 9.44. The number of anilines is 1. The third-order valence-corrected chi connectivity index (χ3v) is 7.48. The van der Waals surface area contributed by atoms with Gasteiger partial charge in [-0.3, -0.25) is 14.0 Å². The fourth-order valence-corrected chi connectivity index (χ4v) is 5.38. The molecular weight excluding hydrogens is 456 g/mol. The number of amides is 1. The van der Waals surface area contributed by atoms with Crippen LogP contribution >= 0.6 is 22.9 Å². The molecule has 2 aromatic carbocycles. The average Bonchev–Trinajstić information content (AvgIpc) is 3.26. The summed E-state index contributed by atoms with van der Waals surface area (Å²) in [6, 6.07) is 13.6. The van der Waals surface area contributed by atoms with Gasteiger partial charge in [0.1, 0.15) is 5.56 Å². The van der Waals surface area contributed by atoms with Crippen molar-refractivity contribution in [1.29, 1.82) is 0 Å². The highest BCUT2D eigenvalue weighted by Gasteiger charge is 2.26. The van der Waals surface area contributed by atoms with Gasteiger partial charge in [0.25, 0.3) is 11.5 Å². The Morgan fingerprint density at radius 3 is 2.55 bits per heavy atom. The van der Waals surface area contributed by atoms with Gasteiger partial charge in [-0.1, -0.05) is 41.9 Å². The number of aromatic nitrogens is 2. The summed E-state index contributed by atoms with van der Waals surface area (Å²) >= 11 is 7.72. The van der Waals surface area contributed by atoms with Crippen molar-refractivity contribution in [3.05, 3.63) is 86.1 Å². The smallest absolute Gasteiger partial charge is 0.271 e. The fraction of sp³-hybridized carbons (Fsp3) is 0.240. The maximum atomic E-state index is 13.4. The van der Waals surface area contributed by atoms with E-state index in [-0.39, 0.29) is 17.0 Å². The first kappa shape index (κ1) is 21.7. The summed E-state index contributed by atoms with van der Waals surface area (Å²) in [4.78, 5) is 35.6. The van der Waals surface area contributed by atoms with E-state index in [1.807, 2.05) is 23.6 Å². The SMILES string of the molecule is Cc1cccc(N2CCN(C(=O)c3cnc4scc(-c5ccccc5Cl)n4c3=O)CC2)c1C. The van der Waals surface area contributed by atoms with E-state index in [0.29, 0.717) is 28.8 Å². The molecule has 8 heteroatoms. The van der Waals surface area contributed by atoms with Crippen molar-refractivity contribution in [3.63, 3.8) is 0 Å². The number of hydrogen-bond donors (Lipinski definition) is 0. The van der Waals surface area contributed by atoms with E-state index in [4.69, 9.17) is 11.6 Å². The Kier molecular flexibility index (Phi) is 5.68. The molecular formula is C25H23ClN4O2S. The lowest BCUT2D eigenvalue weighted by atomic mass is 10.1. The first-order valence-electron chi connectivity index (χ1n) is 10.8. The topological polar surface area (TPSA) is 57.9 Å². The van der Waals surface area contributed by atoms with E-state index in [1.165, 1.54) is 38.7 Å². The number of fused-ring (bicyclic) bond motifs is 1. The van der Waals surface area contributed by atoms with Crippen LogP contribution in [-0.4, -0.2) is 46.4 Å². The van der Waals surface area contributed by atoms with Gasteiger partial charge >= 0.3 is 0 Å². The quantitative estimate of drug-likeness (QED) is 0.430. The van der Waals surface area contributed by atoms with Crippen LogP contribution in [0, 0.1) is 13.8 Å². The highest BCUT2D eigenvalue weighted by Crippen LogP contribution is 2.30. The lowest BCUT2D eigenvalue weighted by molar-refractivity contribution is 0.0744. The van der Waals surface area contributed by atoms with Gasteiger partial charge in [-0.25, -0.2) is 4.98 Å². The molecule has 2 aromatic heterocycles. The van der Waals surface area contributed by atoms with Crippen molar-refractivity contribution in [2.45, 2.75) is 13.8 Å². The average molecular weight is 479 g/mol. The number of aryl methyl sites for hydroxylation is 1. The van der Waals surface area contributed by atoms with Crippen LogP contribution in [0.5, 0.6) is 0 Å². The summed E-state index contributed by atoms with van der Waals surface area (Å²) in [5, 5.41) is 2.39. The van der Waals surface area contributed by atoms with Crippen LogP contribution in [0.15, 0.2) is 58.8 Å². The van der Waals surface area contributed by atoms with Gasteiger partial charge in [-0.15, -0.1) is 11.3 Å². The Bertz CT molecular complexity index is 1420. The molecule has 0 spiro atoms. The molecule has 0 saturated carbocycles. The molecule has 6 nitrogen and oxygen atoms in total. The number of piperazine rings is 1. The van der Waals surface area contributed by atoms with Gasteiger partial charge in [0, 0.05) is 54.0 Å². The van der Waals surface area contributed by atoms with E-state index in [1.54, 1.807) is 11.0 Å². The predicted molar refractivity (Wildman–Crippen MR) is 134 cm³/mol. The molecule has 1 fully saturated rings. The Morgan fingerprint density at radius 2 is 1.79 bits per heavy atom. The van der Waals surface area contributed by atoms with E-state index in [0.717, 1.165) is 18.7 Å². The molecule has 1 aliphatic heterocycles. The van der Waals surface area contributed by atoms with E-state index in [9.17, 15) is 9.59 Å². The van der Waals surface area contributed by atoms with Crippen molar-refractivity contribution in [2.24, 2.45) is 0 Å². The summed E-state index contributed by atoms with van der Waals surface area (Å²) in [6.45, 7) is 6.77. The fourth-order valence-electron chi connectivity index (χ4n) is 4.30. The van der Waals surface area contributed by atoms with Crippen LogP contribution in [0.25, 0.3) is 16.2 Å². The zero-order chi connectivity index (χ0) is 23.1. The first-order valence-corrected chi connectivity index (χ1v) is 12.1. The van der Waals surface area contributed by atoms with Crippen LogP contribution in [0.2, 0.25) is 5.02 Å². The lowest BCUT2D eigenvalue weighted by Gasteiger charge is -2.37. The number of benzene rings is 2. The molecule has 4 aromatic rings. The van der Waals surface area contributed by atoms with E-state index < -0.39 is 0 Å². The molecule has 0 aliphatic carbocycles. The molecule has 0 bridgehead atoms. The summed E-state index contributed by atoms with van der Waals surface area (Å²) in [5.74, 6) is -0.279. The Hall–Kier alpha value is -3.16. The molecule has 1 saturated heterocycles. The number of nitrogens with zero attached hydrogens (tertiary/aromatic N) is 4. The molecule has 168 valence electrons. The highest BCUT2D eigenvalue weighted by molar-refractivity contribution is 7.15. The largest absolute Gasteiger partial charge is 0.368 e. The van der Waals surface area contributed by atoms with E-state index >= 15 is 0 Å². The maximum absolute atomic E-state index is 13.4. The number of halogens is 1. The monoisotopic (exact) mass is 478 g/mol. The highest BCUT2D eigenvalue weighted by atomic mass is 35.5. The summed E-state index contributed by atoms with van der Waals surface area (Å²) in [5.41, 5.74) is 4.82. The van der Waals surface area contributed by atoms with Crippen molar-refractivity contribution < 1.29 is 4.79 Å². The Balaban J connectivity index is 1.42. The van der Waals surface area contributed by atoms with Gasteiger partial charge in [-0.2, -0.15) is 0 Å². The summed E-state index contributed by atoms with van der Waals surface area (Å²) in [6.07, 6.45) is 1.41. The van der Waals surface area contributed by atoms with Gasteiger partial charge in [0.15, 0.2) is 4.96 Å².